The lowest BCUT2D eigenvalue weighted by Crippen LogP contribution is -2.41. The second kappa shape index (κ2) is 7.98. The number of aryl methyl sites for hydroxylation is 1. The molecule has 5 heteroatoms. The number of rotatable bonds is 5. The molecule has 0 aromatic heterocycles. The molecule has 138 valence electrons. The zero-order valence-corrected chi connectivity index (χ0v) is 15.3. The maximum atomic E-state index is 13.7. The van der Waals surface area contributed by atoms with Crippen LogP contribution < -0.4 is 11.1 Å². The summed E-state index contributed by atoms with van der Waals surface area (Å²) in [4.78, 5) is 14.8. The molecule has 1 aliphatic heterocycles. The molecule has 0 saturated carbocycles. The van der Waals surface area contributed by atoms with E-state index in [1.165, 1.54) is 11.6 Å². The third-order valence-corrected chi connectivity index (χ3v) is 5.37. The molecule has 0 aliphatic carbocycles. The molecular formula is C21H26FN3O. The summed E-state index contributed by atoms with van der Waals surface area (Å²) >= 11 is 0. The molecule has 3 N–H and O–H groups in total. The van der Waals surface area contributed by atoms with Gasteiger partial charge in [-0.2, -0.15) is 0 Å². The molecule has 0 spiro atoms. The highest BCUT2D eigenvalue weighted by atomic mass is 19.1. The second-order valence-electron chi connectivity index (χ2n) is 7.10. The van der Waals surface area contributed by atoms with E-state index in [0.29, 0.717) is 29.6 Å². The zero-order chi connectivity index (χ0) is 18.7. The lowest BCUT2D eigenvalue weighted by atomic mass is 9.89. The number of anilines is 1. The number of carbonyl (C=O) groups is 1. The molecule has 3 atom stereocenters. The van der Waals surface area contributed by atoms with Crippen molar-refractivity contribution >= 4 is 11.6 Å². The molecule has 1 unspecified atom stereocenters. The van der Waals surface area contributed by atoms with E-state index in [-0.39, 0.29) is 17.8 Å². The summed E-state index contributed by atoms with van der Waals surface area (Å²) in [6, 6.07) is 14.8. The van der Waals surface area contributed by atoms with Crippen LogP contribution in [-0.4, -0.2) is 36.5 Å². The number of amides is 1. The van der Waals surface area contributed by atoms with Crippen molar-refractivity contribution in [2.24, 2.45) is 11.7 Å². The summed E-state index contributed by atoms with van der Waals surface area (Å²) in [6.07, 6.45) is 0. The Morgan fingerprint density at radius 1 is 1.27 bits per heavy atom. The second-order valence-corrected chi connectivity index (χ2v) is 7.10. The Bertz CT molecular complexity index is 765. The number of halogens is 1. The summed E-state index contributed by atoms with van der Waals surface area (Å²) in [7, 11) is 0. The highest BCUT2D eigenvalue weighted by molar-refractivity contribution is 5.94. The van der Waals surface area contributed by atoms with Gasteiger partial charge in [0, 0.05) is 24.7 Å². The third kappa shape index (κ3) is 3.94. The average Bonchev–Trinajstić information content (AvgIpc) is 3.09. The van der Waals surface area contributed by atoms with Gasteiger partial charge in [-0.05, 0) is 49.6 Å². The summed E-state index contributed by atoms with van der Waals surface area (Å²) in [5, 5.41) is 2.82. The molecule has 3 rings (SSSR count). The van der Waals surface area contributed by atoms with Crippen molar-refractivity contribution in [2.45, 2.75) is 25.8 Å². The molecule has 1 aliphatic rings. The van der Waals surface area contributed by atoms with Crippen molar-refractivity contribution in [1.82, 2.24) is 4.90 Å². The monoisotopic (exact) mass is 355 g/mol. The summed E-state index contributed by atoms with van der Waals surface area (Å²) < 4.78 is 13.7. The van der Waals surface area contributed by atoms with E-state index in [9.17, 15) is 9.18 Å². The number of hydrogen-bond acceptors (Lipinski definition) is 3. The topological polar surface area (TPSA) is 58.4 Å². The molecule has 4 nitrogen and oxygen atoms in total. The fraction of sp³-hybridized carbons (Fsp3) is 0.381. The first-order valence-corrected chi connectivity index (χ1v) is 9.05. The largest absolute Gasteiger partial charge is 0.330 e. The van der Waals surface area contributed by atoms with E-state index in [1.54, 1.807) is 19.1 Å². The van der Waals surface area contributed by atoms with E-state index < -0.39 is 0 Å². The van der Waals surface area contributed by atoms with Crippen LogP contribution in [0.5, 0.6) is 0 Å². The van der Waals surface area contributed by atoms with E-state index in [2.05, 4.69) is 22.3 Å². The van der Waals surface area contributed by atoms with Crippen LogP contribution >= 0.6 is 0 Å². The Morgan fingerprint density at radius 3 is 2.65 bits per heavy atom. The first-order chi connectivity index (χ1) is 12.5. The van der Waals surface area contributed by atoms with Crippen molar-refractivity contribution in [3.8, 4) is 0 Å². The van der Waals surface area contributed by atoms with Crippen LogP contribution in [0.4, 0.5) is 10.1 Å². The number of carbonyl (C=O) groups excluding carboxylic acids is 1. The van der Waals surface area contributed by atoms with Crippen molar-refractivity contribution < 1.29 is 9.18 Å². The van der Waals surface area contributed by atoms with Gasteiger partial charge in [0.1, 0.15) is 5.82 Å². The van der Waals surface area contributed by atoms with Crippen molar-refractivity contribution in [3.63, 3.8) is 0 Å². The molecule has 0 bridgehead atoms. The van der Waals surface area contributed by atoms with Crippen molar-refractivity contribution in [2.75, 3.05) is 25.0 Å². The summed E-state index contributed by atoms with van der Waals surface area (Å²) in [6.45, 7) is 5.76. The SMILES string of the molecule is Cc1ccc(NC(=O)C(C)N2C[C@@H](CN)[C@H](c3ccccc3)C2)cc1F. The fourth-order valence-electron chi connectivity index (χ4n) is 3.62. The lowest BCUT2D eigenvalue weighted by molar-refractivity contribution is -0.120. The Kier molecular flexibility index (Phi) is 5.69. The Hall–Kier alpha value is -2.24. The minimum atomic E-state index is -0.316. The van der Waals surface area contributed by atoms with Gasteiger partial charge in [-0.3, -0.25) is 9.69 Å². The minimum Gasteiger partial charge on any atom is -0.330 e. The molecule has 1 heterocycles. The van der Waals surface area contributed by atoms with Gasteiger partial charge in [0.15, 0.2) is 0 Å². The Balaban J connectivity index is 1.68. The fourth-order valence-corrected chi connectivity index (χ4v) is 3.62. The van der Waals surface area contributed by atoms with Gasteiger partial charge in [-0.25, -0.2) is 4.39 Å². The number of nitrogens with one attached hydrogen (secondary N) is 1. The van der Waals surface area contributed by atoms with Crippen LogP contribution in [0.15, 0.2) is 48.5 Å². The van der Waals surface area contributed by atoms with Gasteiger partial charge in [0.05, 0.1) is 6.04 Å². The number of likely N-dealkylation sites (tertiary alicyclic amines) is 1. The molecular weight excluding hydrogens is 329 g/mol. The predicted molar refractivity (Wildman–Crippen MR) is 103 cm³/mol. The Morgan fingerprint density at radius 2 is 2.00 bits per heavy atom. The molecule has 2 aromatic rings. The predicted octanol–water partition coefficient (Wildman–Crippen LogP) is 3.14. The van der Waals surface area contributed by atoms with Crippen molar-refractivity contribution in [3.05, 3.63) is 65.5 Å². The van der Waals surface area contributed by atoms with Gasteiger partial charge in [-0.1, -0.05) is 36.4 Å². The molecule has 1 saturated heterocycles. The van der Waals surface area contributed by atoms with Gasteiger partial charge < -0.3 is 11.1 Å². The van der Waals surface area contributed by atoms with Crippen LogP contribution in [0.25, 0.3) is 0 Å². The van der Waals surface area contributed by atoms with Crippen LogP contribution in [0.3, 0.4) is 0 Å². The maximum Gasteiger partial charge on any atom is 0.241 e. The normalized spacial score (nSPS) is 21.5. The average molecular weight is 355 g/mol. The van der Waals surface area contributed by atoms with E-state index in [1.807, 2.05) is 25.1 Å². The van der Waals surface area contributed by atoms with Gasteiger partial charge in [-0.15, -0.1) is 0 Å². The lowest BCUT2D eigenvalue weighted by Gasteiger charge is -2.23. The van der Waals surface area contributed by atoms with Gasteiger partial charge >= 0.3 is 0 Å². The summed E-state index contributed by atoms with van der Waals surface area (Å²) in [5.41, 5.74) is 8.30. The quantitative estimate of drug-likeness (QED) is 0.866. The first kappa shape index (κ1) is 18.5. The van der Waals surface area contributed by atoms with Gasteiger partial charge in [0.25, 0.3) is 0 Å². The summed E-state index contributed by atoms with van der Waals surface area (Å²) in [5.74, 6) is 0.208. The molecule has 0 radical (unpaired) electrons. The van der Waals surface area contributed by atoms with Crippen molar-refractivity contribution in [1.29, 1.82) is 0 Å². The minimum absolute atomic E-state index is 0.127. The van der Waals surface area contributed by atoms with Crippen LogP contribution in [0.2, 0.25) is 0 Å². The molecule has 1 fully saturated rings. The standard InChI is InChI=1S/C21H26FN3O/c1-14-8-9-18(10-20(14)22)24-21(26)15(2)25-12-17(11-23)19(13-25)16-6-4-3-5-7-16/h3-10,15,17,19H,11-13,23H2,1-2H3,(H,24,26)/t15?,17-,19+/m1/s1. The highest BCUT2D eigenvalue weighted by Gasteiger charge is 2.36. The Labute approximate surface area is 154 Å². The molecule has 26 heavy (non-hydrogen) atoms. The third-order valence-electron chi connectivity index (χ3n) is 5.37. The van der Waals surface area contributed by atoms with E-state index >= 15 is 0 Å². The first-order valence-electron chi connectivity index (χ1n) is 9.05. The molecule has 1 amide bonds. The number of nitrogens with two attached hydrogens (primary N) is 1. The number of benzene rings is 2. The highest BCUT2D eigenvalue weighted by Crippen LogP contribution is 2.33. The zero-order valence-electron chi connectivity index (χ0n) is 15.3. The number of nitrogens with zero attached hydrogens (tertiary/aromatic N) is 1. The van der Waals surface area contributed by atoms with Crippen LogP contribution in [0, 0.1) is 18.7 Å². The van der Waals surface area contributed by atoms with Crippen LogP contribution in [-0.2, 0) is 4.79 Å². The smallest absolute Gasteiger partial charge is 0.241 e. The number of hydrogen-bond donors (Lipinski definition) is 2. The van der Waals surface area contributed by atoms with E-state index in [0.717, 1.165) is 13.1 Å². The van der Waals surface area contributed by atoms with Gasteiger partial charge in [0.2, 0.25) is 5.91 Å². The van der Waals surface area contributed by atoms with E-state index in [4.69, 9.17) is 5.73 Å². The molecule has 2 aromatic carbocycles. The van der Waals surface area contributed by atoms with Crippen LogP contribution in [0.1, 0.15) is 24.0 Å². The maximum absolute atomic E-state index is 13.7.